The van der Waals surface area contributed by atoms with Crippen molar-refractivity contribution >= 4 is 11.6 Å². The van der Waals surface area contributed by atoms with Gasteiger partial charge in [0.05, 0.1) is 11.6 Å². The van der Waals surface area contributed by atoms with Gasteiger partial charge >= 0.3 is 0 Å². The standard InChI is InChI=1S/C13H13ClN2O/c1-8-11(7-17)9(2)16-13(15-8)10-5-3-4-6-12(10)14/h3-6,17H,7H2,1-2H3. The molecule has 0 radical (unpaired) electrons. The molecule has 0 unspecified atom stereocenters. The summed E-state index contributed by atoms with van der Waals surface area (Å²) in [5, 5.41) is 9.84. The van der Waals surface area contributed by atoms with E-state index in [1.54, 1.807) is 0 Å². The molecule has 1 aromatic carbocycles. The van der Waals surface area contributed by atoms with Crippen molar-refractivity contribution in [2.75, 3.05) is 0 Å². The van der Waals surface area contributed by atoms with Gasteiger partial charge in [-0.25, -0.2) is 9.97 Å². The second-order valence-electron chi connectivity index (χ2n) is 3.83. The number of aromatic nitrogens is 2. The number of nitrogens with zero attached hydrogens (tertiary/aromatic N) is 2. The Kier molecular flexibility index (Phi) is 3.41. The molecule has 2 aromatic rings. The van der Waals surface area contributed by atoms with E-state index in [0.717, 1.165) is 22.5 Å². The van der Waals surface area contributed by atoms with E-state index >= 15 is 0 Å². The van der Waals surface area contributed by atoms with Crippen LogP contribution in [0, 0.1) is 13.8 Å². The fourth-order valence-corrected chi connectivity index (χ4v) is 1.95. The van der Waals surface area contributed by atoms with Gasteiger partial charge in [0.15, 0.2) is 5.82 Å². The van der Waals surface area contributed by atoms with E-state index in [0.29, 0.717) is 10.8 Å². The molecule has 3 nitrogen and oxygen atoms in total. The fourth-order valence-electron chi connectivity index (χ4n) is 1.73. The molecule has 0 aliphatic rings. The molecule has 0 bridgehead atoms. The van der Waals surface area contributed by atoms with Crippen LogP contribution in [0.25, 0.3) is 11.4 Å². The van der Waals surface area contributed by atoms with Crippen LogP contribution < -0.4 is 0 Å². The number of aliphatic hydroxyl groups excluding tert-OH is 1. The lowest BCUT2D eigenvalue weighted by Crippen LogP contribution is -2.02. The van der Waals surface area contributed by atoms with E-state index in [4.69, 9.17) is 11.6 Å². The number of aryl methyl sites for hydroxylation is 2. The summed E-state index contributed by atoms with van der Waals surface area (Å²) < 4.78 is 0. The first-order valence-corrected chi connectivity index (χ1v) is 5.71. The first kappa shape index (κ1) is 12.0. The van der Waals surface area contributed by atoms with Crippen molar-refractivity contribution < 1.29 is 5.11 Å². The Balaban J connectivity index is 2.59. The molecule has 1 heterocycles. The van der Waals surface area contributed by atoms with Crippen molar-refractivity contribution in [3.63, 3.8) is 0 Å². The maximum Gasteiger partial charge on any atom is 0.161 e. The van der Waals surface area contributed by atoms with Crippen molar-refractivity contribution in [1.82, 2.24) is 9.97 Å². The third kappa shape index (κ3) is 2.30. The molecule has 2 rings (SSSR count). The minimum atomic E-state index is -0.0412. The Bertz CT molecular complexity index is 532. The van der Waals surface area contributed by atoms with Crippen molar-refractivity contribution in [3.8, 4) is 11.4 Å². The summed E-state index contributed by atoms with van der Waals surface area (Å²) in [7, 11) is 0. The molecule has 1 aromatic heterocycles. The number of halogens is 1. The highest BCUT2D eigenvalue weighted by Crippen LogP contribution is 2.25. The summed E-state index contributed by atoms with van der Waals surface area (Å²) in [5.41, 5.74) is 3.16. The average molecular weight is 249 g/mol. The van der Waals surface area contributed by atoms with E-state index in [1.807, 2.05) is 38.1 Å². The maximum absolute atomic E-state index is 9.21. The predicted molar refractivity (Wildman–Crippen MR) is 67.9 cm³/mol. The smallest absolute Gasteiger partial charge is 0.161 e. The van der Waals surface area contributed by atoms with E-state index in [2.05, 4.69) is 9.97 Å². The van der Waals surface area contributed by atoms with E-state index in [-0.39, 0.29) is 6.61 Å². The van der Waals surface area contributed by atoms with Crippen LogP contribution in [-0.4, -0.2) is 15.1 Å². The van der Waals surface area contributed by atoms with Crippen LogP contribution in [0.5, 0.6) is 0 Å². The quantitative estimate of drug-likeness (QED) is 0.889. The molecule has 0 saturated carbocycles. The van der Waals surface area contributed by atoms with Crippen LogP contribution >= 0.6 is 11.6 Å². The average Bonchev–Trinajstić information content (AvgIpc) is 2.29. The van der Waals surface area contributed by atoms with Gasteiger partial charge in [-0.3, -0.25) is 0 Å². The summed E-state index contributed by atoms with van der Waals surface area (Å²) in [5.74, 6) is 0.600. The summed E-state index contributed by atoms with van der Waals surface area (Å²) in [6.07, 6.45) is 0. The number of hydrogen-bond acceptors (Lipinski definition) is 3. The predicted octanol–water partition coefficient (Wildman–Crippen LogP) is 2.91. The van der Waals surface area contributed by atoms with Crippen molar-refractivity contribution in [2.45, 2.75) is 20.5 Å². The number of hydrogen-bond donors (Lipinski definition) is 1. The number of rotatable bonds is 2. The first-order valence-electron chi connectivity index (χ1n) is 5.33. The molecule has 0 amide bonds. The Morgan fingerprint density at radius 1 is 1.12 bits per heavy atom. The SMILES string of the molecule is Cc1nc(-c2ccccc2Cl)nc(C)c1CO. The molecule has 17 heavy (non-hydrogen) atoms. The molecule has 0 aliphatic carbocycles. The largest absolute Gasteiger partial charge is 0.392 e. The zero-order valence-corrected chi connectivity index (χ0v) is 10.5. The first-order chi connectivity index (χ1) is 8.13. The van der Waals surface area contributed by atoms with Gasteiger partial charge < -0.3 is 5.11 Å². The van der Waals surface area contributed by atoms with Crippen LogP contribution in [0.2, 0.25) is 5.02 Å². The molecule has 0 aliphatic heterocycles. The normalized spacial score (nSPS) is 10.6. The number of benzene rings is 1. The summed E-state index contributed by atoms with van der Waals surface area (Å²) in [4.78, 5) is 8.76. The van der Waals surface area contributed by atoms with Gasteiger partial charge in [0, 0.05) is 22.5 Å². The lowest BCUT2D eigenvalue weighted by molar-refractivity contribution is 0.279. The molecule has 0 fully saturated rings. The molecule has 0 atom stereocenters. The van der Waals surface area contributed by atoms with Gasteiger partial charge in [-0.2, -0.15) is 0 Å². The minimum Gasteiger partial charge on any atom is -0.392 e. The monoisotopic (exact) mass is 248 g/mol. The van der Waals surface area contributed by atoms with Gasteiger partial charge in [-0.15, -0.1) is 0 Å². The Labute approximate surface area is 105 Å². The van der Waals surface area contributed by atoms with Crippen LogP contribution in [0.15, 0.2) is 24.3 Å². The maximum atomic E-state index is 9.21. The summed E-state index contributed by atoms with van der Waals surface area (Å²) in [6.45, 7) is 3.68. The lowest BCUT2D eigenvalue weighted by Gasteiger charge is -2.09. The van der Waals surface area contributed by atoms with Gasteiger partial charge in [-0.05, 0) is 26.0 Å². The zero-order chi connectivity index (χ0) is 12.4. The second kappa shape index (κ2) is 4.82. The molecule has 0 saturated heterocycles. The van der Waals surface area contributed by atoms with Crippen LogP contribution in [0.3, 0.4) is 0 Å². The third-order valence-corrected chi connectivity index (χ3v) is 3.02. The summed E-state index contributed by atoms with van der Waals surface area (Å²) in [6, 6.07) is 7.46. The Morgan fingerprint density at radius 3 is 2.24 bits per heavy atom. The summed E-state index contributed by atoms with van der Waals surface area (Å²) >= 11 is 6.11. The lowest BCUT2D eigenvalue weighted by atomic mass is 10.1. The minimum absolute atomic E-state index is 0.0412. The highest BCUT2D eigenvalue weighted by atomic mass is 35.5. The van der Waals surface area contributed by atoms with Crippen LogP contribution in [0.1, 0.15) is 17.0 Å². The topological polar surface area (TPSA) is 46.0 Å². The Morgan fingerprint density at radius 2 is 1.71 bits per heavy atom. The van der Waals surface area contributed by atoms with Crippen molar-refractivity contribution in [1.29, 1.82) is 0 Å². The van der Waals surface area contributed by atoms with E-state index in [1.165, 1.54) is 0 Å². The molecule has 0 spiro atoms. The van der Waals surface area contributed by atoms with Crippen molar-refractivity contribution in [3.05, 3.63) is 46.2 Å². The van der Waals surface area contributed by atoms with E-state index < -0.39 is 0 Å². The van der Waals surface area contributed by atoms with Gasteiger partial charge in [0.2, 0.25) is 0 Å². The van der Waals surface area contributed by atoms with Crippen LogP contribution in [0.4, 0.5) is 0 Å². The Hall–Kier alpha value is -1.45. The van der Waals surface area contributed by atoms with Crippen LogP contribution in [-0.2, 0) is 6.61 Å². The highest BCUT2D eigenvalue weighted by molar-refractivity contribution is 6.33. The molecule has 4 heteroatoms. The zero-order valence-electron chi connectivity index (χ0n) is 9.74. The molecular weight excluding hydrogens is 236 g/mol. The van der Waals surface area contributed by atoms with Gasteiger partial charge in [-0.1, -0.05) is 23.7 Å². The highest BCUT2D eigenvalue weighted by Gasteiger charge is 2.10. The molecular formula is C13H13ClN2O. The van der Waals surface area contributed by atoms with E-state index in [9.17, 15) is 5.11 Å². The van der Waals surface area contributed by atoms with Gasteiger partial charge in [0.25, 0.3) is 0 Å². The molecule has 88 valence electrons. The number of aliphatic hydroxyl groups is 1. The molecule has 1 N–H and O–H groups in total. The fraction of sp³-hybridized carbons (Fsp3) is 0.231. The second-order valence-corrected chi connectivity index (χ2v) is 4.24. The third-order valence-electron chi connectivity index (χ3n) is 2.69. The van der Waals surface area contributed by atoms with Crippen molar-refractivity contribution in [2.24, 2.45) is 0 Å². The van der Waals surface area contributed by atoms with Gasteiger partial charge in [0.1, 0.15) is 0 Å².